The molecule has 4 nitrogen and oxygen atoms in total. The second kappa shape index (κ2) is 10.2. The third-order valence-corrected chi connectivity index (χ3v) is 6.13. The van der Waals surface area contributed by atoms with Crippen LogP contribution in [0.1, 0.15) is 16.1 Å². The highest BCUT2D eigenvalue weighted by Gasteiger charge is 2.28. The summed E-state index contributed by atoms with van der Waals surface area (Å²) in [5.74, 6) is 0.780. The number of hydrogen-bond donors (Lipinski definition) is 1. The van der Waals surface area contributed by atoms with Gasteiger partial charge in [-0.1, -0.05) is 29.8 Å². The van der Waals surface area contributed by atoms with E-state index >= 15 is 0 Å². The van der Waals surface area contributed by atoms with E-state index in [4.69, 9.17) is 16.3 Å². The molecule has 0 aliphatic rings. The number of nitrogens with one attached hydrogen (secondary N) is 1. The molecule has 0 spiro atoms. The Morgan fingerprint density at radius 3 is 2.54 bits per heavy atom. The number of hydrogen-bond acceptors (Lipinski definition) is 4. The fraction of sp³-hybridized carbons (Fsp3) is 0.286. The number of nitrogens with zero attached hydrogens (tertiary/aromatic N) is 1. The maximum atomic E-state index is 13.4. The van der Waals surface area contributed by atoms with Gasteiger partial charge in [0.15, 0.2) is 4.88 Å². The Kier molecular flexibility index (Phi) is 8.28. The molecular weight excluding hydrogens is 415 g/mol. The summed E-state index contributed by atoms with van der Waals surface area (Å²) in [6, 6.07) is 15.6. The predicted octanol–water partition coefficient (Wildman–Crippen LogP) is 0.876. The van der Waals surface area contributed by atoms with Crippen LogP contribution in [0.15, 0.2) is 48.5 Å². The van der Waals surface area contributed by atoms with E-state index in [0.717, 1.165) is 45.9 Å². The van der Waals surface area contributed by atoms with Gasteiger partial charge < -0.3 is 22.0 Å². The van der Waals surface area contributed by atoms with Gasteiger partial charge in [0.2, 0.25) is 0 Å². The van der Waals surface area contributed by atoms with Gasteiger partial charge in [-0.2, -0.15) is 0 Å². The second-order valence-corrected chi connectivity index (χ2v) is 8.12. The van der Waals surface area contributed by atoms with E-state index in [1.165, 1.54) is 11.3 Å². The molecule has 1 atom stereocenters. The molecule has 1 unspecified atom stereocenters. The van der Waals surface area contributed by atoms with Crippen LogP contribution in [-0.2, 0) is 0 Å². The highest BCUT2D eigenvalue weighted by atomic mass is 35.5. The number of benzene rings is 2. The summed E-state index contributed by atoms with van der Waals surface area (Å²) in [6.45, 7) is 1.65. The zero-order chi connectivity index (χ0) is 19.4. The predicted molar refractivity (Wildman–Crippen MR) is 113 cm³/mol. The molecule has 0 aliphatic heterocycles. The number of methoxy groups -OCH3 is 1. The van der Waals surface area contributed by atoms with Gasteiger partial charge in [-0.15, -0.1) is 11.3 Å². The third-order valence-electron chi connectivity index (χ3n) is 4.47. The molecular formula is C21H24Cl2N2O2S. The average Bonchev–Trinajstić information content (AvgIpc) is 3.01. The lowest BCUT2D eigenvalue weighted by Gasteiger charge is -2.17. The number of para-hydroxylation sites is 1. The smallest absolute Gasteiger partial charge is 0.360 e. The lowest BCUT2D eigenvalue weighted by atomic mass is 10.2. The van der Waals surface area contributed by atoms with Gasteiger partial charge in [0.05, 0.1) is 18.7 Å². The number of carbonyl (C=O) groups is 1. The van der Waals surface area contributed by atoms with Crippen molar-refractivity contribution in [2.24, 2.45) is 0 Å². The van der Waals surface area contributed by atoms with E-state index in [0.29, 0.717) is 9.90 Å². The molecule has 7 heteroatoms. The van der Waals surface area contributed by atoms with Crippen LogP contribution in [0.4, 0.5) is 5.69 Å². The van der Waals surface area contributed by atoms with E-state index < -0.39 is 0 Å². The minimum atomic E-state index is 0. The minimum Gasteiger partial charge on any atom is -1.00 e. The first kappa shape index (κ1) is 22.7. The van der Waals surface area contributed by atoms with Crippen molar-refractivity contribution in [1.82, 2.24) is 4.90 Å². The number of ether oxygens (including phenoxy) is 1. The van der Waals surface area contributed by atoms with Gasteiger partial charge in [0.25, 0.3) is 0 Å². The van der Waals surface area contributed by atoms with Crippen molar-refractivity contribution in [1.29, 1.82) is 0 Å². The first-order valence-corrected chi connectivity index (χ1v) is 10.1. The maximum absolute atomic E-state index is 13.4. The SMILES string of the molecule is COc1ccc2c(Cl)c(C(=O)[NH+](CCCN(C)C)c3ccccc3)sc2c1.[Cl-]. The molecule has 0 bridgehead atoms. The normalized spacial score (nSPS) is 12.0. The number of thiophene rings is 1. The quantitative estimate of drug-likeness (QED) is 0.594. The van der Waals surface area contributed by atoms with Crippen LogP contribution >= 0.6 is 22.9 Å². The Morgan fingerprint density at radius 1 is 1.18 bits per heavy atom. The Labute approximate surface area is 181 Å². The standard InChI is InChI=1S/C21H23ClN2O2S.ClH/c1-23(2)12-7-13-24(15-8-5-4-6-9-15)21(25)20-19(22)17-11-10-16(26-3)14-18(17)27-20;/h4-6,8-11,14H,7,12-13H2,1-3H3;1H. The van der Waals surface area contributed by atoms with Gasteiger partial charge in [-0.3, -0.25) is 0 Å². The number of halogens is 2. The molecule has 0 saturated heterocycles. The Hall–Kier alpha value is -1.63. The van der Waals surface area contributed by atoms with E-state index in [2.05, 4.69) is 4.90 Å². The molecule has 1 N–H and O–H groups in total. The Morgan fingerprint density at radius 2 is 1.89 bits per heavy atom. The van der Waals surface area contributed by atoms with E-state index in [1.807, 2.05) is 62.6 Å². The van der Waals surface area contributed by atoms with Crippen molar-refractivity contribution in [3.05, 3.63) is 58.4 Å². The van der Waals surface area contributed by atoms with Crippen LogP contribution in [0, 0.1) is 0 Å². The van der Waals surface area contributed by atoms with Gasteiger partial charge >= 0.3 is 5.91 Å². The number of rotatable bonds is 7. The monoisotopic (exact) mass is 438 g/mol. The third kappa shape index (κ3) is 5.04. The van der Waals surface area contributed by atoms with E-state index in [9.17, 15) is 4.79 Å². The number of amides is 1. The lowest BCUT2D eigenvalue weighted by Crippen LogP contribution is -3.10. The molecule has 2 aromatic carbocycles. The van der Waals surface area contributed by atoms with Crippen LogP contribution < -0.4 is 22.0 Å². The first-order valence-electron chi connectivity index (χ1n) is 8.88. The molecule has 28 heavy (non-hydrogen) atoms. The topological polar surface area (TPSA) is 34.0 Å². The van der Waals surface area contributed by atoms with Gasteiger partial charge in [0.1, 0.15) is 11.4 Å². The summed E-state index contributed by atoms with van der Waals surface area (Å²) >= 11 is 8.02. The van der Waals surface area contributed by atoms with Crippen molar-refractivity contribution >= 4 is 44.6 Å². The van der Waals surface area contributed by atoms with E-state index in [1.54, 1.807) is 7.11 Å². The van der Waals surface area contributed by atoms with Crippen molar-refractivity contribution in [2.75, 3.05) is 34.3 Å². The van der Waals surface area contributed by atoms with Gasteiger partial charge in [0, 0.05) is 23.1 Å². The van der Waals surface area contributed by atoms with Crippen molar-refractivity contribution in [3.63, 3.8) is 0 Å². The fourth-order valence-corrected chi connectivity index (χ4v) is 4.57. The number of fused-ring (bicyclic) bond motifs is 1. The molecule has 1 amide bonds. The summed E-state index contributed by atoms with van der Waals surface area (Å²) in [7, 11) is 5.72. The molecule has 3 aromatic rings. The van der Waals surface area contributed by atoms with Crippen molar-refractivity contribution < 1.29 is 26.8 Å². The summed E-state index contributed by atoms with van der Waals surface area (Å²) in [6.07, 6.45) is 0.916. The van der Waals surface area contributed by atoms with Crippen LogP contribution in [0.25, 0.3) is 10.1 Å². The van der Waals surface area contributed by atoms with Crippen LogP contribution in [0.2, 0.25) is 5.02 Å². The summed E-state index contributed by atoms with van der Waals surface area (Å²) < 4.78 is 6.25. The Balaban J connectivity index is 0.00000280. The summed E-state index contributed by atoms with van der Waals surface area (Å²) in [4.78, 5) is 17.0. The van der Waals surface area contributed by atoms with Crippen LogP contribution in [0.5, 0.6) is 5.75 Å². The largest absolute Gasteiger partial charge is 1.00 e. The highest BCUT2D eigenvalue weighted by Crippen LogP contribution is 2.37. The van der Waals surface area contributed by atoms with Crippen LogP contribution in [0.3, 0.4) is 0 Å². The molecule has 150 valence electrons. The number of quaternary nitrogens is 1. The zero-order valence-electron chi connectivity index (χ0n) is 16.2. The first-order chi connectivity index (χ1) is 13.0. The molecule has 0 saturated carbocycles. The average molecular weight is 439 g/mol. The lowest BCUT2D eigenvalue weighted by molar-refractivity contribution is -0.741. The fourth-order valence-electron chi connectivity index (χ4n) is 3.06. The second-order valence-electron chi connectivity index (χ2n) is 6.69. The van der Waals surface area contributed by atoms with Gasteiger partial charge in [-0.25, -0.2) is 9.69 Å². The van der Waals surface area contributed by atoms with Crippen molar-refractivity contribution in [2.45, 2.75) is 6.42 Å². The molecule has 1 heterocycles. The molecule has 0 fully saturated rings. The van der Waals surface area contributed by atoms with Crippen LogP contribution in [-0.4, -0.2) is 45.1 Å². The van der Waals surface area contributed by atoms with Crippen molar-refractivity contribution in [3.8, 4) is 5.75 Å². The Bertz CT molecular complexity index is 929. The molecule has 3 rings (SSSR count). The summed E-state index contributed by atoms with van der Waals surface area (Å²) in [5.41, 5.74) is 0.965. The number of carbonyl (C=O) groups excluding carboxylic acids is 1. The highest BCUT2D eigenvalue weighted by molar-refractivity contribution is 7.21. The molecule has 0 radical (unpaired) electrons. The van der Waals surface area contributed by atoms with Gasteiger partial charge in [-0.05, 0) is 44.4 Å². The summed E-state index contributed by atoms with van der Waals surface area (Å²) in [5, 5.41) is 1.43. The molecule has 0 aliphatic carbocycles. The van der Waals surface area contributed by atoms with E-state index in [-0.39, 0.29) is 18.3 Å². The minimum absolute atomic E-state index is 0. The zero-order valence-corrected chi connectivity index (χ0v) is 18.5. The maximum Gasteiger partial charge on any atom is 0.360 e. The molecule has 1 aromatic heterocycles.